The summed E-state index contributed by atoms with van der Waals surface area (Å²) in [5.41, 5.74) is 0.283. The zero-order chi connectivity index (χ0) is 18.5. The van der Waals surface area contributed by atoms with Crippen molar-refractivity contribution >= 4 is 48.2 Å². The number of pyridine rings is 1. The Labute approximate surface area is 157 Å². The normalized spacial score (nSPS) is 15.1. The second kappa shape index (κ2) is 6.21. The number of halogens is 2. The smallest absolute Gasteiger partial charge is 0.196 e. The Hall–Kier alpha value is -2.64. The van der Waals surface area contributed by atoms with E-state index in [4.69, 9.17) is 4.98 Å². The lowest BCUT2D eigenvalue weighted by Gasteiger charge is -2.29. The largest absolute Gasteiger partial charge is 0.353 e. The van der Waals surface area contributed by atoms with Crippen molar-refractivity contribution in [2.24, 2.45) is 0 Å². The van der Waals surface area contributed by atoms with Crippen LogP contribution in [-0.4, -0.2) is 31.2 Å². The molecule has 0 radical (unpaired) electrons. The van der Waals surface area contributed by atoms with Crippen molar-refractivity contribution in [2.45, 2.75) is 0 Å². The van der Waals surface area contributed by atoms with Gasteiger partial charge in [-0.05, 0) is 36.4 Å². The number of anilines is 1. The molecule has 3 heterocycles. The van der Waals surface area contributed by atoms with E-state index < -0.39 is 11.6 Å². The molecule has 0 bridgehead atoms. The lowest BCUT2D eigenvalue weighted by molar-refractivity contribution is 0.587. The average Bonchev–Trinajstić information content (AvgIpc) is 2.68. The number of fused-ring (bicyclic) bond motifs is 4. The van der Waals surface area contributed by atoms with Crippen LogP contribution in [0, 0.1) is 11.6 Å². The molecule has 0 spiro atoms. The van der Waals surface area contributed by atoms with E-state index in [0.717, 1.165) is 36.7 Å². The summed E-state index contributed by atoms with van der Waals surface area (Å²) >= 11 is 1.40. The molecule has 0 saturated carbocycles. The van der Waals surface area contributed by atoms with Gasteiger partial charge >= 0.3 is 0 Å². The van der Waals surface area contributed by atoms with Crippen LogP contribution in [0.2, 0.25) is 0 Å². The third-order valence-electron chi connectivity index (χ3n) is 4.93. The first-order valence-electron chi connectivity index (χ1n) is 8.73. The van der Waals surface area contributed by atoms with Gasteiger partial charge in [-0.25, -0.2) is 13.8 Å². The lowest BCUT2D eigenvalue weighted by atomic mass is 10.1. The first kappa shape index (κ1) is 16.5. The van der Waals surface area contributed by atoms with E-state index in [0.29, 0.717) is 26.4 Å². The Balaban J connectivity index is 1.97. The van der Waals surface area contributed by atoms with E-state index >= 15 is 0 Å². The van der Waals surface area contributed by atoms with Crippen molar-refractivity contribution in [2.75, 3.05) is 31.1 Å². The SMILES string of the molecule is O=c1c2cc(F)ccc2sc2c(N3CCNCC3)nc3ccc(F)cc3c12. The van der Waals surface area contributed by atoms with Gasteiger partial charge in [0.25, 0.3) is 0 Å². The molecular weight excluding hydrogens is 368 g/mol. The van der Waals surface area contributed by atoms with Gasteiger partial charge in [0, 0.05) is 41.7 Å². The van der Waals surface area contributed by atoms with Gasteiger partial charge in [0.2, 0.25) is 0 Å². The summed E-state index contributed by atoms with van der Waals surface area (Å²) < 4.78 is 29.1. The Morgan fingerprint density at radius 1 is 1.00 bits per heavy atom. The monoisotopic (exact) mass is 383 g/mol. The van der Waals surface area contributed by atoms with Gasteiger partial charge in [-0.2, -0.15) is 0 Å². The van der Waals surface area contributed by atoms with Crippen LogP contribution in [0.1, 0.15) is 0 Å². The van der Waals surface area contributed by atoms with Gasteiger partial charge in [0.05, 0.1) is 15.6 Å². The van der Waals surface area contributed by atoms with Gasteiger partial charge in [0.1, 0.15) is 17.5 Å². The maximum Gasteiger partial charge on any atom is 0.196 e. The maximum atomic E-state index is 13.9. The van der Waals surface area contributed by atoms with E-state index in [1.54, 1.807) is 12.1 Å². The summed E-state index contributed by atoms with van der Waals surface area (Å²) in [7, 11) is 0. The van der Waals surface area contributed by atoms with Crippen molar-refractivity contribution in [3.8, 4) is 0 Å². The van der Waals surface area contributed by atoms with E-state index in [2.05, 4.69) is 10.2 Å². The second-order valence-electron chi connectivity index (χ2n) is 6.61. The molecular formula is C20H15F2N3OS. The van der Waals surface area contributed by atoms with E-state index in [9.17, 15) is 13.6 Å². The lowest BCUT2D eigenvalue weighted by Crippen LogP contribution is -2.44. The molecule has 2 aromatic heterocycles. The minimum Gasteiger partial charge on any atom is -0.353 e. The van der Waals surface area contributed by atoms with Crippen LogP contribution in [0.4, 0.5) is 14.6 Å². The molecule has 4 aromatic rings. The molecule has 5 rings (SSSR count). The number of hydrogen-bond donors (Lipinski definition) is 1. The highest BCUT2D eigenvalue weighted by Gasteiger charge is 2.20. The Bertz CT molecular complexity index is 1270. The van der Waals surface area contributed by atoms with Gasteiger partial charge in [0.15, 0.2) is 5.43 Å². The van der Waals surface area contributed by atoms with Gasteiger partial charge in [-0.1, -0.05) is 0 Å². The molecule has 0 aliphatic carbocycles. The van der Waals surface area contributed by atoms with Gasteiger partial charge in [-0.15, -0.1) is 11.3 Å². The summed E-state index contributed by atoms with van der Waals surface area (Å²) in [4.78, 5) is 20.2. The predicted molar refractivity (Wildman–Crippen MR) is 106 cm³/mol. The quantitative estimate of drug-likeness (QED) is 0.403. The van der Waals surface area contributed by atoms with Crippen LogP contribution in [-0.2, 0) is 0 Å². The summed E-state index contributed by atoms with van der Waals surface area (Å²) in [5, 5.41) is 4.50. The van der Waals surface area contributed by atoms with Crippen molar-refractivity contribution in [1.29, 1.82) is 0 Å². The molecule has 1 N–H and O–H groups in total. The molecule has 1 fully saturated rings. The summed E-state index contributed by atoms with van der Waals surface area (Å²) in [6.45, 7) is 3.21. The van der Waals surface area contributed by atoms with Crippen molar-refractivity contribution in [1.82, 2.24) is 10.3 Å². The Morgan fingerprint density at radius 3 is 2.48 bits per heavy atom. The number of hydrogen-bond acceptors (Lipinski definition) is 5. The zero-order valence-electron chi connectivity index (χ0n) is 14.3. The van der Waals surface area contributed by atoms with E-state index in [-0.39, 0.29) is 5.43 Å². The molecule has 1 aliphatic rings. The number of nitrogens with zero attached hydrogens (tertiary/aromatic N) is 2. The highest BCUT2D eigenvalue weighted by atomic mass is 32.1. The molecule has 2 aromatic carbocycles. The van der Waals surface area contributed by atoms with Crippen LogP contribution in [0.15, 0.2) is 41.2 Å². The number of benzene rings is 2. The Morgan fingerprint density at radius 2 is 1.70 bits per heavy atom. The molecule has 0 atom stereocenters. The fraction of sp³-hybridized carbons (Fsp3) is 0.200. The fourth-order valence-corrected chi connectivity index (χ4v) is 4.82. The van der Waals surface area contributed by atoms with Gasteiger partial charge < -0.3 is 10.2 Å². The highest BCUT2D eigenvalue weighted by Crippen LogP contribution is 2.36. The summed E-state index contributed by atoms with van der Waals surface area (Å²) in [6, 6.07) is 8.50. The topological polar surface area (TPSA) is 45.2 Å². The minimum atomic E-state index is -0.460. The third-order valence-corrected chi connectivity index (χ3v) is 6.09. The average molecular weight is 383 g/mol. The molecule has 27 heavy (non-hydrogen) atoms. The molecule has 1 saturated heterocycles. The van der Waals surface area contributed by atoms with Crippen molar-refractivity contribution < 1.29 is 8.78 Å². The number of rotatable bonds is 1. The standard InChI is InChI=1S/C20H15F2N3OS/c21-11-1-3-15-13(9-11)17-18(26)14-10-12(22)2-4-16(14)27-19(17)20(24-15)25-7-5-23-6-8-25/h1-4,9-10,23H,5-8H2. The Kier molecular flexibility index (Phi) is 3.80. The molecule has 1 aliphatic heterocycles. The third kappa shape index (κ3) is 2.65. The number of nitrogens with one attached hydrogen (secondary N) is 1. The van der Waals surface area contributed by atoms with E-state index in [1.165, 1.54) is 35.6 Å². The van der Waals surface area contributed by atoms with Crippen LogP contribution in [0.3, 0.4) is 0 Å². The first-order valence-corrected chi connectivity index (χ1v) is 9.54. The van der Waals surface area contributed by atoms with E-state index in [1.807, 2.05) is 0 Å². The first-order chi connectivity index (χ1) is 13.1. The zero-order valence-corrected chi connectivity index (χ0v) is 15.1. The van der Waals surface area contributed by atoms with Crippen molar-refractivity contribution in [3.63, 3.8) is 0 Å². The molecule has 7 heteroatoms. The molecule has 0 amide bonds. The fourth-order valence-electron chi connectivity index (χ4n) is 3.63. The number of aromatic nitrogens is 1. The molecule has 136 valence electrons. The van der Waals surface area contributed by atoms with Crippen molar-refractivity contribution in [3.05, 3.63) is 58.3 Å². The maximum absolute atomic E-state index is 13.9. The van der Waals surface area contributed by atoms with Crippen LogP contribution >= 0.6 is 11.3 Å². The number of piperazine rings is 1. The second-order valence-corrected chi connectivity index (χ2v) is 7.66. The van der Waals surface area contributed by atoms with Crippen LogP contribution < -0.4 is 15.6 Å². The minimum absolute atomic E-state index is 0.285. The van der Waals surface area contributed by atoms with Crippen LogP contribution in [0.5, 0.6) is 0 Å². The summed E-state index contributed by atoms with van der Waals surface area (Å²) in [6.07, 6.45) is 0. The van der Waals surface area contributed by atoms with Crippen LogP contribution in [0.25, 0.3) is 31.1 Å². The summed E-state index contributed by atoms with van der Waals surface area (Å²) in [5.74, 6) is -0.152. The molecule has 0 unspecified atom stereocenters. The predicted octanol–water partition coefficient (Wildman–Crippen LogP) is 3.65. The van der Waals surface area contributed by atoms with Gasteiger partial charge in [-0.3, -0.25) is 4.79 Å². The molecule has 4 nitrogen and oxygen atoms in total. The highest BCUT2D eigenvalue weighted by molar-refractivity contribution is 7.25.